The SMILES string of the molecule is Fc1cccc(OCCNCC2CCCCC2)c1. The second-order valence-corrected chi connectivity index (χ2v) is 5.01. The minimum absolute atomic E-state index is 0.248. The van der Waals surface area contributed by atoms with Gasteiger partial charge in [0.2, 0.25) is 0 Å². The van der Waals surface area contributed by atoms with Gasteiger partial charge in [0.05, 0.1) is 0 Å². The number of hydrogen-bond acceptors (Lipinski definition) is 2. The summed E-state index contributed by atoms with van der Waals surface area (Å²) in [4.78, 5) is 0. The van der Waals surface area contributed by atoms with E-state index in [1.54, 1.807) is 12.1 Å². The molecule has 2 rings (SSSR count). The highest BCUT2D eigenvalue weighted by atomic mass is 19.1. The van der Waals surface area contributed by atoms with Crippen LogP contribution in [0.15, 0.2) is 24.3 Å². The molecule has 0 aromatic heterocycles. The van der Waals surface area contributed by atoms with Crippen LogP contribution < -0.4 is 10.1 Å². The number of benzene rings is 1. The summed E-state index contributed by atoms with van der Waals surface area (Å²) in [5.74, 6) is 1.20. The lowest BCUT2D eigenvalue weighted by Crippen LogP contribution is -2.28. The van der Waals surface area contributed by atoms with E-state index < -0.39 is 0 Å². The number of ether oxygens (including phenoxy) is 1. The van der Waals surface area contributed by atoms with Gasteiger partial charge in [0.15, 0.2) is 0 Å². The summed E-state index contributed by atoms with van der Waals surface area (Å²) < 4.78 is 18.4. The monoisotopic (exact) mass is 251 g/mol. The largest absolute Gasteiger partial charge is 0.492 e. The van der Waals surface area contributed by atoms with Crippen LogP contribution in [0, 0.1) is 11.7 Å². The predicted molar refractivity (Wildman–Crippen MR) is 71.3 cm³/mol. The number of nitrogens with one attached hydrogen (secondary N) is 1. The number of rotatable bonds is 6. The van der Waals surface area contributed by atoms with Gasteiger partial charge in [-0.25, -0.2) is 4.39 Å². The third-order valence-electron chi connectivity index (χ3n) is 3.50. The van der Waals surface area contributed by atoms with Crippen molar-refractivity contribution >= 4 is 0 Å². The minimum Gasteiger partial charge on any atom is -0.492 e. The fourth-order valence-electron chi connectivity index (χ4n) is 2.50. The highest BCUT2D eigenvalue weighted by molar-refractivity contribution is 5.22. The molecule has 1 saturated carbocycles. The van der Waals surface area contributed by atoms with Crippen LogP contribution in [0.3, 0.4) is 0 Å². The van der Waals surface area contributed by atoms with Crippen LogP contribution >= 0.6 is 0 Å². The van der Waals surface area contributed by atoms with Crippen LogP contribution in [0.5, 0.6) is 5.75 Å². The summed E-state index contributed by atoms with van der Waals surface area (Å²) >= 11 is 0. The van der Waals surface area contributed by atoms with Gasteiger partial charge in [-0.15, -0.1) is 0 Å². The second kappa shape index (κ2) is 7.37. The maximum absolute atomic E-state index is 12.9. The molecule has 0 saturated heterocycles. The van der Waals surface area contributed by atoms with E-state index in [0.717, 1.165) is 19.0 Å². The second-order valence-electron chi connectivity index (χ2n) is 5.01. The van der Waals surface area contributed by atoms with E-state index >= 15 is 0 Å². The zero-order valence-corrected chi connectivity index (χ0v) is 10.8. The molecule has 0 atom stereocenters. The quantitative estimate of drug-likeness (QED) is 0.783. The maximum atomic E-state index is 12.9. The molecular formula is C15H22FNO. The topological polar surface area (TPSA) is 21.3 Å². The molecular weight excluding hydrogens is 229 g/mol. The fraction of sp³-hybridized carbons (Fsp3) is 0.600. The first-order valence-corrected chi connectivity index (χ1v) is 6.94. The molecule has 1 aliphatic carbocycles. The zero-order valence-electron chi connectivity index (χ0n) is 10.8. The predicted octanol–water partition coefficient (Wildman–Crippen LogP) is 3.37. The molecule has 100 valence electrons. The Labute approximate surface area is 109 Å². The Hall–Kier alpha value is -1.09. The van der Waals surface area contributed by atoms with Gasteiger partial charge in [-0.05, 0) is 37.4 Å². The summed E-state index contributed by atoms with van der Waals surface area (Å²) in [5, 5.41) is 3.42. The molecule has 0 aliphatic heterocycles. The third kappa shape index (κ3) is 4.65. The zero-order chi connectivity index (χ0) is 12.6. The molecule has 18 heavy (non-hydrogen) atoms. The number of halogens is 1. The first-order valence-electron chi connectivity index (χ1n) is 6.94. The van der Waals surface area contributed by atoms with Gasteiger partial charge < -0.3 is 10.1 Å². The van der Waals surface area contributed by atoms with Crippen molar-refractivity contribution in [3.63, 3.8) is 0 Å². The van der Waals surface area contributed by atoms with E-state index in [0.29, 0.717) is 12.4 Å². The lowest BCUT2D eigenvalue weighted by molar-refractivity contribution is 0.293. The molecule has 0 heterocycles. The Morgan fingerprint density at radius 2 is 2.06 bits per heavy atom. The molecule has 1 N–H and O–H groups in total. The van der Waals surface area contributed by atoms with Gasteiger partial charge in [0.25, 0.3) is 0 Å². The Balaban J connectivity index is 1.55. The Kier molecular flexibility index (Phi) is 5.46. The molecule has 0 spiro atoms. The summed E-state index contributed by atoms with van der Waals surface area (Å²) in [7, 11) is 0. The molecule has 1 aromatic carbocycles. The van der Waals surface area contributed by atoms with Crippen molar-refractivity contribution in [1.82, 2.24) is 5.32 Å². The van der Waals surface area contributed by atoms with E-state index in [1.807, 2.05) is 0 Å². The Morgan fingerprint density at radius 3 is 2.83 bits per heavy atom. The van der Waals surface area contributed by atoms with Crippen molar-refractivity contribution in [2.24, 2.45) is 5.92 Å². The van der Waals surface area contributed by atoms with Gasteiger partial charge in [-0.1, -0.05) is 25.3 Å². The highest BCUT2D eigenvalue weighted by Crippen LogP contribution is 2.22. The van der Waals surface area contributed by atoms with Crippen molar-refractivity contribution in [2.75, 3.05) is 19.7 Å². The molecule has 0 unspecified atom stereocenters. The average Bonchev–Trinajstić information content (AvgIpc) is 2.40. The van der Waals surface area contributed by atoms with E-state index in [-0.39, 0.29) is 5.82 Å². The van der Waals surface area contributed by atoms with Crippen LogP contribution in [0.1, 0.15) is 32.1 Å². The normalized spacial score (nSPS) is 16.7. The van der Waals surface area contributed by atoms with Crippen LogP contribution in [0.4, 0.5) is 4.39 Å². The van der Waals surface area contributed by atoms with Crippen molar-refractivity contribution < 1.29 is 9.13 Å². The molecule has 1 aromatic rings. The fourth-order valence-corrected chi connectivity index (χ4v) is 2.50. The molecule has 0 amide bonds. The molecule has 1 aliphatic rings. The summed E-state index contributed by atoms with van der Waals surface area (Å²) in [5.41, 5.74) is 0. The Bertz CT molecular complexity index is 350. The molecule has 2 nitrogen and oxygen atoms in total. The van der Waals surface area contributed by atoms with Crippen molar-refractivity contribution in [2.45, 2.75) is 32.1 Å². The molecule has 3 heteroatoms. The minimum atomic E-state index is -0.248. The molecule has 0 radical (unpaired) electrons. The van der Waals surface area contributed by atoms with E-state index in [9.17, 15) is 4.39 Å². The van der Waals surface area contributed by atoms with Gasteiger partial charge in [-0.3, -0.25) is 0 Å². The van der Waals surface area contributed by atoms with Crippen LogP contribution in [-0.4, -0.2) is 19.7 Å². The summed E-state index contributed by atoms with van der Waals surface area (Å²) in [6.07, 6.45) is 6.88. The van der Waals surface area contributed by atoms with E-state index in [4.69, 9.17) is 4.74 Å². The molecule has 0 bridgehead atoms. The lowest BCUT2D eigenvalue weighted by Gasteiger charge is -2.21. The van der Waals surface area contributed by atoms with Crippen LogP contribution in [0.2, 0.25) is 0 Å². The highest BCUT2D eigenvalue weighted by Gasteiger charge is 2.12. The van der Waals surface area contributed by atoms with Gasteiger partial charge in [0, 0.05) is 12.6 Å². The van der Waals surface area contributed by atoms with Gasteiger partial charge >= 0.3 is 0 Å². The molecule has 1 fully saturated rings. The average molecular weight is 251 g/mol. The van der Waals surface area contributed by atoms with Crippen LogP contribution in [-0.2, 0) is 0 Å². The first-order chi connectivity index (χ1) is 8.84. The van der Waals surface area contributed by atoms with E-state index in [2.05, 4.69) is 5.32 Å². The summed E-state index contributed by atoms with van der Waals surface area (Å²) in [6.45, 7) is 2.51. The first kappa shape index (κ1) is 13.3. The maximum Gasteiger partial charge on any atom is 0.126 e. The van der Waals surface area contributed by atoms with Gasteiger partial charge in [0.1, 0.15) is 18.2 Å². The smallest absolute Gasteiger partial charge is 0.126 e. The summed E-state index contributed by atoms with van der Waals surface area (Å²) in [6, 6.07) is 6.29. The van der Waals surface area contributed by atoms with Crippen molar-refractivity contribution in [3.8, 4) is 5.75 Å². The Morgan fingerprint density at radius 1 is 1.22 bits per heavy atom. The van der Waals surface area contributed by atoms with Crippen LogP contribution in [0.25, 0.3) is 0 Å². The van der Waals surface area contributed by atoms with E-state index in [1.165, 1.54) is 44.2 Å². The number of hydrogen-bond donors (Lipinski definition) is 1. The van der Waals surface area contributed by atoms with Crippen molar-refractivity contribution in [1.29, 1.82) is 0 Å². The van der Waals surface area contributed by atoms with Crippen molar-refractivity contribution in [3.05, 3.63) is 30.1 Å². The third-order valence-corrected chi connectivity index (χ3v) is 3.50. The standard InChI is InChI=1S/C15H22FNO/c16-14-7-4-8-15(11-14)18-10-9-17-12-13-5-2-1-3-6-13/h4,7-8,11,13,17H,1-3,5-6,9-10,12H2. The van der Waals surface area contributed by atoms with Gasteiger partial charge in [-0.2, -0.15) is 0 Å². The lowest BCUT2D eigenvalue weighted by atomic mass is 9.89.